The van der Waals surface area contributed by atoms with Gasteiger partial charge in [0.15, 0.2) is 0 Å². The Balaban J connectivity index is 2.17. The highest BCUT2D eigenvalue weighted by Gasteiger charge is 2.35. The molecule has 0 atom stereocenters. The van der Waals surface area contributed by atoms with Gasteiger partial charge in [-0.1, -0.05) is 33.6 Å². The van der Waals surface area contributed by atoms with Crippen molar-refractivity contribution in [3.8, 4) is 0 Å². The zero-order valence-corrected chi connectivity index (χ0v) is 12.5. The van der Waals surface area contributed by atoms with E-state index in [2.05, 4.69) is 15.9 Å². The zero-order valence-electron chi connectivity index (χ0n) is 10.2. The Bertz CT molecular complexity index is 571. The lowest BCUT2D eigenvalue weighted by Gasteiger charge is -2.27. The van der Waals surface area contributed by atoms with Crippen LogP contribution in [-0.2, 0) is 0 Å². The number of amides is 1. The number of carbonyl (C=O) groups excluding carboxylic acids is 1. The van der Waals surface area contributed by atoms with Crippen LogP contribution in [-0.4, -0.2) is 30.1 Å². The lowest BCUT2D eigenvalue weighted by Crippen LogP contribution is -2.36. The second kappa shape index (κ2) is 5.77. The summed E-state index contributed by atoms with van der Waals surface area (Å²) in [6, 6.07) is 4.82. The third-order valence-electron chi connectivity index (χ3n) is 3.02. The van der Waals surface area contributed by atoms with Gasteiger partial charge >= 0.3 is 6.18 Å². The van der Waals surface area contributed by atoms with E-state index in [9.17, 15) is 18.0 Å². The maximum absolute atomic E-state index is 12.5. The Morgan fingerprint density at radius 2 is 2.05 bits per heavy atom. The summed E-state index contributed by atoms with van der Waals surface area (Å²) in [4.78, 5) is 13.6. The summed E-state index contributed by atoms with van der Waals surface area (Å²) in [6.07, 6.45) is -3.46. The molecule has 0 radical (unpaired) electrons. The molecule has 0 saturated carbocycles. The minimum atomic E-state index is -4.32. The number of alkyl halides is 3. The lowest BCUT2D eigenvalue weighted by molar-refractivity contribution is -0.0957. The first-order valence-corrected chi connectivity index (χ1v) is 6.96. The third-order valence-corrected chi connectivity index (χ3v) is 3.84. The van der Waals surface area contributed by atoms with Crippen molar-refractivity contribution in [3.05, 3.63) is 44.9 Å². The quantitative estimate of drug-likeness (QED) is 0.671. The van der Waals surface area contributed by atoms with Crippen molar-refractivity contribution in [1.82, 2.24) is 4.90 Å². The summed E-state index contributed by atoms with van der Waals surface area (Å²) in [6.45, 7) is -0.0243. The van der Waals surface area contributed by atoms with Crippen LogP contribution in [0.1, 0.15) is 16.8 Å². The highest BCUT2D eigenvalue weighted by Crippen LogP contribution is 2.31. The van der Waals surface area contributed by atoms with Crippen LogP contribution >= 0.6 is 27.5 Å². The van der Waals surface area contributed by atoms with Crippen molar-refractivity contribution < 1.29 is 18.0 Å². The first kappa shape index (κ1) is 15.4. The predicted molar refractivity (Wildman–Crippen MR) is 73.8 cm³/mol. The van der Waals surface area contributed by atoms with Gasteiger partial charge in [0.1, 0.15) is 0 Å². The smallest absolute Gasteiger partial charge is 0.335 e. The van der Waals surface area contributed by atoms with E-state index < -0.39 is 11.7 Å². The summed E-state index contributed by atoms with van der Waals surface area (Å²) < 4.78 is 38.2. The largest absolute Gasteiger partial charge is 0.412 e. The van der Waals surface area contributed by atoms with Gasteiger partial charge in [0, 0.05) is 23.1 Å². The van der Waals surface area contributed by atoms with E-state index in [1.807, 2.05) is 0 Å². The number of nitrogens with zero attached hydrogens (tertiary/aromatic N) is 1. The third kappa shape index (κ3) is 3.35. The van der Waals surface area contributed by atoms with Crippen LogP contribution in [0.4, 0.5) is 13.2 Å². The van der Waals surface area contributed by atoms with Crippen LogP contribution < -0.4 is 0 Å². The van der Waals surface area contributed by atoms with Gasteiger partial charge in [0.25, 0.3) is 5.91 Å². The van der Waals surface area contributed by atoms with Gasteiger partial charge in [-0.3, -0.25) is 4.79 Å². The molecule has 1 heterocycles. The summed E-state index contributed by atoms with van der Waals surface area (Å²) in [5, 5.41) is 0.281. The highest BCUT2D eigenvalue weighted by molar-refractivity contribution is 9.10. The van der Waals surface area contributed by atoms with Crippen LogP contribution in [0.3, 0.4) is 0 Å². The van der Waals surface area contributed by atoms with Crippen LogP contribution in [0.25, 0.3) is 0 Å². The number of rotatable bonds is 1. The van der Waals surface area contributed by atoms with Gasteiger partial charge in [-0.05, 0) is 24.6 Å². The lowest BCUT2D eigenvalue weighted by atomic mass is 10.1. The zero-order chi connectivity index (χ0) is 14.9. The predicted octanol–water partition coefficient (Wildman–Crippen LogP) is 4.44. The molecular formula is C13H10BrClF3NO. The average Bonchev–Trinajstić information content (AvgIpc) is 2.40. The molecule has 108 valence electrons. The Hall–Kier alpha value is -1.01. The molecule has 20 heavy (non-hydrogen) atoms. The van der Waals surface area contributed by atoms with Crippen molar-refractivity contribution in [2.45, 2.75) is 12.6 Å². The second-order valence-corrected chi connectivity index (χ2v) is 5.68. The summed E-state index contributed by atoms with van der Waals surface area (Å²) >= 11 is 9.18. The Morgan fingerprint density at radius 1 is 1.35 bits per heavy atom. The normalized spacial score (nSPS) is 16.1. The summed E-state index contributed by atoms with van der Waals surface area (Å²) in [5.74, 6) is -0.367. The molecule has 1 aliphatic heterocycles. The molecule has 0 N–H and O–H groups in total. The Morgan fingerprint density at radius 3 is 2.60 bits per heavy atom. The van der Waals surface area contributed by atoms with E-state index in [0.717, 1.165) is 6.08 Å². The van der Waals surface area contributed by atoms with E-state index in [0.29, 0.717) is 4.47 Å². The number of hydrogen-bond acceptors (Lipinski definition) is 1. The van der Waals surface area contributed by atoms with Crippen molar-refractivity contribution >= 4 is 33.4 Å². The fourth-order valence-corrected chi connectivity index (χ4v) is 2.50. The minimum Gasteiger partial charge on any atom is -0.335 e. The van der Waals surface area contributed by atoms with Crippen LogP contribution in [0, 0.1) is 0 Å². The van der Waals surface area contributed by atoms with Crippen molar-refractivity contribution in [2.75, 3.05) is 13.1 Å². The van der Waals surface area contributed by atoms with Gasteiger partial charge in [0.05, 0.1) is 10.6 Å². The number of carbonyl (C=O) groups is 1. The van der Waals surface area contributed by atoms with Crippen molar-refractivity contribution in [3.63, 3.8) is 0 Å². The Labute approximate surface area is 127 Å². The molecule has 1 aromatic carbocycles. The van der Waals surface area contributed by atoms with Crippen LogP contribution in [0.15, 0.2) is 34.3 Å². The molecule has 0 bridgehead atoms. The minimum absolute atomic E-state index is 0.0347. The molecule has 0 fully saturated rings. The summed E-state index contributed by atoms with van der Waals surface area (Å²) in [5.41, 5.74) is -0.299. The molecule has 2 nitrogen and oxygen atoms in total. The second-order valence-electron chi connectivity index (χ2n) is 4.35. The molecule has 1 amide bonds. The molecule has 7 heteroatoms. The van der Waals surface area contributed by atoms with Crippen LogP contribution in [0.5, 0.6) is 0 Å². The van der Waals surface area contributed by atoms with Crippen LogP contribution in [0.2, 0.25) is 5.02 Å². The highest BCUT2D eigenvalue weighted by atomic mass is 79.9. The average molecular weight is 369 g/mol. The Kier molecular flexibility index (Phi) is 4.44. The number of halogens is 5. The van der Waals surface area contributed by atoms with Gasteiger partial charge < -0.3 is 4.90 Å². The topological polar surface area (TPSA) is 20.3 Å². The molecule has 0 spiro atoms. The number of hydrogen-bond donors (Lipinski definition) is 0. The SMILES string of the molecule is O=C(c1cc(Br)ccc1Cl)N1CC=C(C(F)(F)F)CC1. The van der Waals surface area contributed by atoms with E-state index in [1.165, 1.54) is 4.90 Å². The van der Waals surface area contributed by atoms with Crippen molar-refractivity contribution in [2.24, 2.45) is 0 Å². The van der Waals surface area contributed by atoms with E-state index in [1.54, 1.807) is 18.2 Å². The molecule has 1 aromatic rings. The number of benzene rings is 1. The molecular weight excluding hydrogens is 359 g/mol. The van der Waals surface area contributed by atoms with Gasteiger partial charge in [-0.25, -0.2) is 0 Å². The van der Waals surface area contributed by atoms with E-state index >= 15 is 0 Å². The van der Waals surface area contributed by atoms with Crippen molar-refractivity contribution in [1.29, 1.82) is 0 Å². The fourth-order valence-electron chi connectivity index (χ4n) is 1.94. The first-order chi connectivity index (χ1) is 9.29. The van der Waals surface area contributed by atoms with Gasteiger partial charge in [-0.15, -0.1) is 0 Å². The standard InChI is InChI=1S/C13H10BrClF3NO/c14-9-1-2-11(15)10(7-9)12(20)19-5-3-8(4-6-19)13(16,17)18/h1-3,7H,4-6H2. The first-order valence-electron chi connectivity index (χ1n) is 5.79. The molecule has 1 aliphatic rings. The molecule has 2 rings (SSSR count). The molecule has 0 aromatic heterocycles. The monoisotopic (exact) mass is 367 g/mol. The molecule has 0 saturated heterocycles. The molecule has 0 aliphatic carbocycles. The molecule has 0 unspecified atom stereocenters. The van der Waals surface area contributed by atoms with Gasteiger partial charge in [-0.2, -0.15) is 13.2 Å². The summed E-state index contributed by atoms with van der Waals surface area (Å²) in [7, 11) is 0. The van der Waals surface area contributed by atoms with Gasteiger partial charge in [0.2, 0.25) is 0 Å². The van der Waals surface area contributed by atoms with E-state index in [4.69, 9.17) is 11.6 Å². The van der Waals surface area contributed by atoms with E-state index in [-0.39, 0.29) is 36.0 Å². The maximum atomic E-state index is 12.5. The maximum Gasteiger partial charge on any atom is 0.412 e. The fraction of sp³-hybridized carbons (Fsp3) is 0.308.